The van der Waals surface area contributed by atoms with E-state index in [1.165, 1.54) is 0 Å². The van der Waals surface area contributed by atoms with Crippen LogP contribution >= 0.6 is 11.8 Å². The molecule has 0 bridgehead atoms. The van der Waals surface area contributed by atoms with Gasteiger partial charge in [0, 0.05) is 10.5 Å². The van der Waals surface area contributed by atoms with E-state index in [0.29, 0.717) is 0 Å². The van der Waals surface area contributed by atoms with Gasteiger partial charge < -0.3 is 5.73 Å². The zero-order chi connectivity index (χ0) is 24.9. The molecule has 5 heteroatoms. The van der Waals surface area contributed by atoms with Crippen molar-refractivity contribution >= 4 is 23.5 Å². The molecule has 0 aliphatic carbocycles. The SMILES string of the molecule is CCCCN(CCCC)C(C)(C)C(=O)c1ccc(SC(CCCC)(CCCC)C(N)=O)cc1. The Morgan fingerprint density at radius 2 is 1.27 bits per heavy atom. The molecule has 188 valence electrons. The lowest BCUT2D eigenvalue weighted by Gasteiger charge is -2.37. The van der Waals surface area contributed by atoms with Gasteiger partial charge in [0.15, 0.2) is 5.78 Å². The van der Waals surface area contributed by atoms with E-state index in [-0.39, 0.29) is 11.7 Å². The van der Waals surface area contributed by atoms with E-state index >= 15 is 0 Å². The summed E-state index contributed by atoms with van der Waals surface area (Å²) in [5.74, 6) is -0.0671. The molecule has 0 spiro atoms. The first-order chi connectivity index (χ1) is 15.7. The second kappa shape index (κ2) is 14.8. The van der Waals surface area contributed by atoms with E-state index in [2.05, 4.69) is 46.4 Å². The van der Waals surface area contributed by atoms with Gasteiger partial charge in [-0.1, -0.05) is 78.4 Å². The van der Waals surface area contributed by atoms with E-state index < -0.39 is 10.3 Å². The van der Waals surface area contributed by atoms with Crippen molar-refractivity contribution in [3.05, 3.63) is 29.8 Å². The minimum absolute atomic E-state index is 0.157. The first-order valence-corrected chi connectivity index (χ1v) is 13.9. The van der Waals surface area contributed by atoms with Crippen LogP contribution in [0.3, 0.4) is 0 Å². The quantitative estimate of drug-likeness (QED) is 0.179. The van der Waals surface area contributed by atoms with Crippen LogP contribution in [0, 0.1) is 0 Å². The summed E-state index contributed by atoms with van der Waals surface area (Å²) < 4.78 is -0.575. The number of Topliss-reactive ketones (excluding diaryl/α,β-unsaturated/α-hetero) is 1. The molecule has 0 fully saturated rings. The normalized spacial score (nSPS) is 12.3. The zero-order valence-electron chi connectivity index (χ0n) is 22.0. The molecule has 0 radical (unpaired) electrons. The third-order valence-corrected chi connectivity index (χ3v) is 8.16. The number of thioether (sulfide) groups is 1. The highest BCUT2D eigenvalue weighted by Crippen LogP contribution is 2.41. The molecule has 0 aliphatic heterocycles. The largest absolute Gasteiger partial charge is 0.368 e. The fourth-order valence-electron chi connectivity index (χ4n) is 4.21. The van der Waals surface area contributed by atoms with Crippen LogP contribution in [-0.4, -0.2) is 40.0 Å². The molecule has 0 atom stereocenters. The molecule has 0 saturated heterocycles. The predicted octanol–water partition coefficient (Wildman–Crippen LogP) is 7.25. The maximum atomic E-state index is 13.5. The number of amides is 1. The molecular weight excluding hydrogens is 428 g/mol. The van der Waals surface area contributed by atoms with Gasteiger partial charge in [-0.3, -0.25) is 14.5 Å². The minimum Gasteiger partial charge on any atom is -0.368 e. The lowest BCUT2D eigenvalue weighted by molar-refractivity contribution is -0.120. The summed E-state index contributed by atoms with van der Waals surface area (Å²) in [6.07, 6.45) is 10.1. The first-order valence-electron chi connectivity index (χ1n) is 13.1. The van der Waals surface area contributed by atoms with Gasteiger partial charge in [0.2, 0.25) is 5.91 Å². The Morgan fingerprint density at radius 3 is 1.67 bits per heavy atom. The van der Waals surface area contributed by atoms with Crippen molar-refractivity contribution in [2.24, 2.45) is 5.73 Å². The Morgan fingerprint density at radius 1 is 0.818 bits per heavy atom. The summed E-state index contributed by atoms with van der Waals surface area (Å²) in [7, 11) is 0. The first kappa shape index (κ1) is 29.7. The van der Waals surface area contributed by atoms with Gasteiger partial charge in [-0.25, -0.2) is 0 Å². The van der Waals surface area contributed by atoms with Crippen LogP contribution in [0.5, 0.6) is 0 Å². The Hall–Kier alpha value is -1.33. The highest BCUT2D eigenvalue weighted by Gasteiger charge is 2.37. The highest BCUT2D eigenvalue weighted by molar-refractivity contribution is 8.01. The summed E-state index contributed by atoms with van der Waals surface area (Å²) in [6, 6.07) is 7.84. The minimum atomic E-state index is -0.575. The third kappa shape index (κ3) is 8.75. The monoisotopic (exact) mass is 476 g/mol. The van der Waals surface area contributed by atoms with E-state index in [9.17, 15) is 9.59 Å². The second-order valence-corrected chi connectivity index (χ2v) is 11.2. The molecule has 0 unspecified atom stereocenters. The molecule has 1 aromatic rings. The van der Waals surface area contributed by atoms with Crippen molar-refractivity contribution in [3.63, 3.8) is 0 Å². The molecule has 0 saturated carbocycles. The number of hydrogen-bond donors (Lipinski definition) is 1. The van der Waals surface area contributed by atoms with Gasteiger partial charge in [-0.15, -0.1) is 11.8 Å². The van der Waals surface area contributed by atoms with E-state index in [1.807, 2.05) is 24.3 Å². The standard InChI is InChI=1S/C28H48N2O2S/c1-7-11-19-28(26(29)32,20-12-8-2)33-24-17-15-23(16-18-24)25(31)27(5,6)30(21-13-9-3)22-14-10-4/h15-18H,7-14,19-22H2,1-6H3,(H2,29,32). The Balaban J connectivity index is 3.08. The average Bonchev–Trinajstić information content (AvgIpc) is 2.80. The summed E-state index contributed by atoms with van der Waals surface area (Å²) >= 11 is 1.58. The zero-order valence-corrected chi connectivity index (χ0v) is 22.9. The molecule has 1 amide bonds. The third-order valence-electron chi connectivity index (χ3n) is 6.66. The molecule has 0 aliphatic rings. The van der Waals surface area contributed by atoms with Crippen LogP contribution in [0.15, 0.2) is 29.2 Å². The molecule has 4 nitrogen and oxygen atoms in total. The van der Waals surface area contributed by atoms with Crippen molar-refractivity contribution in [2.75, 3.05) is 13.1 Å². The molecule has 2 N–H and O–H groups in total. The molecule has 0 aromatic heterocycles. The van der Waals surface area contributed by atoms with Gasteiger partial charge in [0.1, 0.15) is 0 Å². The summed E-state index contributed by atoms with van der Waals surface area (Å²) in [5, 5.41) is 0. The molecule has 1 aromatic carbocycles. The Labute approximate surface area is 207 Å². The topological polar surface area (TPSA) is 63.4 Å². The van der Waals surface area contributed by atoms with Crippen molar-refractivity contribution in [2.45, 2.75) is 121 Å². The Bertz CT molecular complexity index is 699. The van der Waals surface area contributed by atoms with Crippen LogP contribution in [0.25, 0.3) is 0 Å². The molecule has 0 heterocycles. The van der Waals surface area contributed by atoms with E-state index in [4.69, 9.17) is 5.73 Å². The molecule has 33 heavy (non-hydrogen) atoms. The smallest absolute Gasteiger partial charge is 0.234 e. The fourth-order valence-corrected chi connectivity index (χ4v) is 5.53. The van der Waals surface area contributed by atoms with Crippen LogP contribution in [0.1, 0.15) is 116 Å². The number of benzene rings is 1. The van der Waals surface area contributed by atoms with Crippen molar-refractivity contribution in [1.29, 1.82) is 0 Å². The highest BCUT2D eigenvalue weighted by atomic mass is 32.2. The lowest BCUT2D eigenvalue weighted by atomic mass is 9.90. The van der Waals surface area contributed by atoms with Gasteiger partial charge >= 0.3 is 0 Å². The van der Waals surface area contributed by atoms with Crippen LogP contribution in [0.4, 0.5) is 0 Å². The van der Waals surface area contributed by atoms with Gasteiger partial charge in [-0.2, -0.15) is 0 Å². The van der Waals surface area contributed by atoms with Crippen molar-refractivity contribution < 1.29 is 9.59 Å². The summed E-state index contributed by atoms with van der Waals surface area (Å²) in [6.45, 7) is 14.7. The number of ketones is 1. The number of nitrogens with zero attached hydrogens (tertiary/aromatic N) is 1. The van der Waals surface area contributed by atoms with Crippen molar-refractivity contribution in [3.8, 4) is 0 Å². The molecular formula is C28H48N2O2S. The summed E-state index contributed by atoms with van der Waals surface area (Å²) in [4.78, 5) is 29.4. The van der Waals surface area contributed by atoms with E-state index in [0.717, 1.165) is 87.8 Å². The van der Waals surface area contributed by atoms with Crippen molar-refractivity contribution in [1.82, 2.24) is 4.90 Å². The van der Waals surface area contributed by atoms with Crippen LogP contribution < -0.4 is 5.73 Å². The lowest BCUT2D eigenvalue weighted by Crippen LogP contribution is -2.51. The number of unbranched alkanes of at least 4 members (excludes halogenated alkanes) is 4. The second-order valence-electron chi connectivity index (χ2n) is 9.77. The van der Waals surface area contributed by atoms with Crippen LogP contribution in [0.2, 0.25) is 0 Å². The number of hydrogen-bond acceptors (Lipinski definition) is 4. The Kier molecular flexibility index (Phi) is 13.3. The van der Waals surface area contributed by atoms with Gasteiger partial charge in [-0.05, 0) is 64.8 Å². The van der Waals surface area contributed by atoms with Gasteiger partial charge in [0.25, 0.3) is 0 Å². The van der Waals surface area contributed by atoms with E-state index in [1.54, 1.807) is 11.8 Å². The summed E-state index contributed by atoms with van der Waals surface area (Å²) in [5.41, 5.74) is 6.12. The number of nitrogens with two attached hydrogens (primary N) is 1. The number of rotatable bonds is 18. The number of carbonyl (C=O) groups is 2. The van der Waals surface area contributed by atoms with Gasteiger partial charge in [0.05, 0.1) is 10.3 Å². The molecule has 1 rings (SSSR count). The van der Waals surface area contributed by atoms with Crippen LogP contribution in [-0.2, 0) is 4.79 Å². The number of primary amides is 1. The average molecular weight is 477 g/mol. The fraction of sp³-hybridized carbons (Fsp3) is 0.714. The predicted molar refractivity (Wildman–Crippen MR) is 143 cm³/mol. The maximum Gasteiger partial charge on any atom is 0.234 e. The maximum absolute atomic E-state index is 13.5. The number of carbonyl (C=O) groups excluding carboxylic acids is 2.